The Hall–Kier alpha value is -1.67. The molecule has 0 aliphatic carbocycles. The summed E-state index contributed by atoms with van der Waals surface area (Å²) in [4.78, 5) is 15.1. The van der Waals surface area contributed by atoms with E-state index in [0.29, 0.717) is 24.2 Å². The van der Waals surface area contributed by atoms with E-state index >= 15 is 0 Å². The summed E-state index contributed by atoms with van der Waals surface area (Å²) in [5.41, 5.74) is 1.21. The second kappa shape index (κ2) is 7.94. The number of amides is 1. The fraction of sp³-hybridized carbons (Fsp3) is 0.562. The number of piperazine rings is 1. The van der Waals surface area contributed by atoms with E-state index in [0.717, 1.165) is 0 Å². The molecule has 1 N–H and O–H groups in total. The average molecular weight is 347 g/mol. The minimum atomic E-state index is -4.19. The Labute approximate surface area is 138 Å². The van der Waals surface area contributed by atoms with Crippen molar-refractivity contribution in [2.24, 2.45) is 0 Å². The van der Waals surface area contributed by atoms with Crippen molar-refractivity contribution < 1.29 is 22.4 Å². The Morgan fingerprint density at radius 3 is 2.38 bits per heavy atom. The smallest absolute Gasteiger partial charge is 0.351 e. The molecule has 8 heteroatoms. The normalized spacial score (nSPS) is 17.0. The van der Waals surface area contributed by atoms with Crippen LogP contribution in [0.25, 0.3) is 0 Å². The molecule has 0 saturated carbocycles. The van der Waals surface area contributed by atoms with Crippen molar-refractivity contribution in [1.82, 2.24) is 15.1 Å². The minimum absolute atomic E-state index is 0.133. The summed E-state index contributed by atoms with van der Waals surface area (Å²) in [5.74, 6) is -0.539. The average Bonchev–Trinajstić information content (AvgIpc) is 2.49. The molecule has 4 nitrogen and oxygen atoms in total. The highest BCUT2D eigenvalue weighted by Gasteiger charge is 2.32. The number of aryl methyl sites for hydroxylation is 1. The Morgan fingerprint density at radius 1 is 1.17 bits per heavy atom. The van der Waals surface area contributed by atoms with Gasteiger partial charge in [-0.2, -0.15) is 13.2 Å². The zero-order chi connectivity index (χ0) is 17.7. The van der Waals surface area contributed by atoms with E-state index in [1.54, 1.807) is 19.1 Å². The third kappa shape index (κ3) is 6.09. The van der Waals surface area contributed by atoms with E-state index in [-0.39, 0.29) is 37.9 Å². The molecule has 0 radical (unpaired) electrons. The van der Waals surface area contributed by atoms with Crippen molar-refractivity contribution >= 4 is 5.91 Å². The molecular weight excluding hydrogens is 326 g/mol. The van der Waals surface area contributed by atoms with Crippen LogP contribution in [0.15, 0.2) is 18.2 Å². The molecule has 1 fully saturated rings. The van der Waals surface area contributed by atoms with Crippen molar-refractivity contribution in [3.63, 3.8) is 0 Å². The largest absolute Gasteiger partial charge is 0.401 e. The lowest BCUT2D eigenvalue weighted by Crippen LogP contribution is -2.51. The first-order valence-corrected chi connectivity index (χ1v) is 7.76. The van der Waals surface area contributed by atoms with Crippen LogP contribution < -0.4 is 5.32 Å². The second-order valence-corrected chi connectivity index (χ2v) is 6.03. The summed E-state index contributed by atoms with van der Waals surface area (Å²) >= 11 is 0. The summed E-state index contributed by atoms with van der Waals surface area (Å²) < 4.78 is 50.4. The first kappa shape index (κ1) is 18.7. The van der Waals surface area contributed by atoms with Crippen LogP contribution in [-0.2, 0) is 11.3 Å². The van der Waals surface area contributed by atoms with Crippen molar-refractivity contribution in [3.05, 3.63) is 35.1 Å². The van der Waals surface area contributed by atoms with Gasteiger partial charge in [0.05, 0.1) is 13.1 Å². The maximum atomic E-state index is 13.4. The van der Waals surface area contributed by atoms with Crippen molar-refractivity contribution in [3.8, 4) is 0 Å². The fourth-order valence-corrected chi connectivity index (χ4v) is 2.57. The molecule has 0 atom stereocenters. The number of carbonyl (C=O) groups is 1. The highest BCUT2D eigenvalue weighted by molar-refractivity contribution is 5.78. The molecule has 1 aliphatic heterocycles. The summed E-state index contributed by atoms with van der Waals surface area (Å²) in [5, 5.41) is 2.70. The van der Waals surface area contributed by atoms with Gasteiger partial charge in [0.25, 0.3) is 0 Å². The van der Waals surface area contributed by atoms with Gasteiger partial charge in [0.15, 0.2) is 0 Å². The Bertz CT molecular complexity index is 569. The van der Waals surface area contributed by atoms with E-state index in [4.69, 9.17) is 0 Å². The molecule has 1 amide bonds. The standard InChI is InChI=1S/C16H21F4N3O/c1-12-2-3-13(8-14(12)17)9-21-15(24)10-22-4-6-23(7-5-22)11-16(18,19)20/h2-3,8H,4-7,9-11H2,1H3,(H,21,24). The SMILES string of the molecule is Cc1ccc(CNC(=O)CN2CCN(CC(F)(F)F)CC2)cc1F. The van der Waals surface area contributed by atoms with E-state index in [9.17, 15) is 22.4 Å². The molecule has 1 aromatic carbocycles. The number of benzene rings is 1. The number of rotatable bonds is 5. The van der Waals surface area contributed by atoms with E-state index in [1.807, 2.05) is 4.90 Å². The van der Waals surface area contributed by atoms with E-state index < -0.39 is 12.7 Å². The lowest BCUT2D eigenvalue weighted by atomic mass is 10.1. The van der Waals surface area contributed by atoms with Gasteiger partial charge in [-0.15, -0.1) is 0 Å². The molecule has 1 saturated heterocycles. The van der Waals surface area contributed by atoms with Gasteiger partial charge in [-0.1, -0.05) is 12.1 Å². The predicted molar refractivity (Wildman–Crippen MR) is 81.9 cm³/mol. The molecule has 0 aromatic heterocycles. The highest BCUT2D eigenvalue weighted by atomic mass is 19.4. The first-order valence-electron chi connectivity index (χ1n) is 7.76. The lowest BCUT2D eigenvalue weighted by molar-refractivity contribution is -0.150. The zero-order valence-electron chi connectivity index (χ0n) is 13.5. The Morgan fingerprint density at radius 2 is 1.79 bits per heavy atom. The molecule has 134 valence electrons. The number of carbonyl (C=O) groups excluding carboxylic acids is 1. The number of nitrogens with zero attached hydrogens (tertiary/aromatic N) is 2. The maximum absolute atomic E-state index is 13.4. The van der Waals surface area contributed by atoms with Gasteiger partial charge >= 0.3 is 6.18 Å². The van der Waals surface area contributed by atoms with Crippen molar-refractivity contribution in [1.29, 1.82) is 0 Å². The number of halogens is 4. The third-order valence-corrected chi connectivity index (χ3v) is 3.96. The monoisotopic (exact) mass is 347 g/mol. The van der Waals surface area contributed by atoms with Crippen LogP contribution in [0.2, 0.25) is 0 Å². The van der Waals surface area contributed by atoms with Crippen LogP contribution in [0.5, 0.6) is 0 Å². The van der Waals surface area contributed by atoms with Crippen LogP contribution in [0.1, 0.15) is 11.1 Å². The highest BCUT2D eigenvalue weighted by Crippen LogP contribution is 2.17. The molecule has 0 bridgehead atoms. The third-order valence-electron chi connectivity index (χ3n) is 3.96. The molecular formula is C16H21F4N3O. The van der Waals surface area contributed by atoms with Gasteiger partial charge in [0, 0.05) is 32.7 Å². The predicted octanol–water partition coefficient (Wildman–Crippen LogP) is 1.93. The number of hydrogen-bond acceptors (Lipinski definition) is 3. The summed E-state index contributed by atoms with van der Waals surface area (Å²) in [7, 11) is 0. The number of alkyl halides is 3. The van der Waals surface area contributed by atoms with Gasteiger partial charge in [0.1, 0.15) is 5.82 Å². The maximum Gasteiger partial charge on any atom is 0.401 e. The Balaban J connectivity index is 1.71. The molecule has 1 aromatic rings. The second-order valence-electron chi connectivity index (χ2n) is 6.03. The van der Waals surface area contributed by atoms with Crippen LogP contribution in [-0.4, -0.2) is 61.2 Å². The summed E-state index contributed by atoms with van der Waals surface area (Å²) in [6.07, 6.45) is -4.19. The molecule has 1 aliphatic rings. The molecule has 1 heterocycles. The van der Waals surface area contributed by atoms with Crippen LogP contribution in [0.3, 0.4) is 0 Å². The summed E-state index contributed by atoms with van der Waals surface area (Å²) in [6, 6.07) is 4.77. The van der Waals surface area contributed by atoms with Gasteiger partial charge in [-0.25, -0.2) is 4.39 Å². The molecule has 0 spiro atoms. The van der Waals surface area contributed by atoms with E-state index in [2.05, 4.69) is 5.32 Å². The summed E-state index contributed by atoms with van der Waals surface area (Å²) in [6.45, 7) is 2.53. The van der Waals surface area contributed by atoms with Crippen LogP contribution in [0, 0.1) is 12.7 Å². The molecule has 2 rings (SSSR count). The Kier molecular flexibility index (Phi) is 6.17. The number of nitrogens with one attached hydrogen (secondary N) is 1. The van der Waals surface area contributed by atoms with E-state index in [1.165, 1.54) is 11.0 Å². The fourth-order valence-electron chi connectivity index (χ4n) is 2.57. The van der Waals surface area contributed by atoms with Gasteiger partial charge in [-0.05, 0) is 24.1 Å². The topological polar surface area (TPSA) is 35.6 Å². The van der Waals surface area contributed by atoms with Gasteiger partial charge < -0.3 is 5.32 Å². The first-order chi connectivity index (χ1) is 11.2. The molecule has 24 heavy (non-hydrogen) atoms. The molecule has 0 unspecified atom stereocenters. The lowest BCUT2D eigenvalue weighted by Gasteiger charge is -2.34. The van der Waals surface area contributed by atoms with Crippen LogP contribution in [0.4, 0.5) is 17.6 Å². The van der Waals surface area contributed by atoms with Gasteiger partial charge in [-0.3, -0.25) is 14.6 Å². The van der Waals surface area contributed by atoms with Crippen molar-refractivity contribution in [2.45, 2.75) is 19.6 Å². The van der Waals surface area contributed by atoms with Gasteiger partial charge in [0.2, 0.25) is 5.91 Å². The zero-order valence-corrected chi connectivity index (χ0v) is 13.5. The van der Waals surface area contributed by atoms with Crippen LogP contribution >= 0.6 is 0 Å². The quantitative estimate of drug-likeness (QED) is 0.827. The minimum Gasteiger partial charge on any atom is -0.351 e. The van der Waals surface area contributed by atoms with Crippen molar-refractivity contribution in [2.75, 3.05) is 39.3 Å². The number of hydrogen-bond donors (Lipinski definition) is 1.